The molecule has 0 radical (unpaired) electrons. The number of carbonyl (C=O) groups excluding carboxylic acids is 1. The number of nitro groups is 1. The lowest BCUT2D eigenvalue weighted by Crippen LogP contribution is -2.39. The number of amides is 1. The largest absolute Gasteiger partial charge is 0.476 e. The molecule has 1 aromatic heterocycles. The number of ether oxygens (including phenoxy) is 1. The smallest absolute Gasteiger partial charge is 0.406 e. The molecule has 114 valence electrons. The van der Waals surface area contributed by atoms with E-state index in [4.69, 9.17) is 4.74 Å². The number of aromatic nitrogens is 1. The minimum Gasteiger partial charge on any atom is -0.476 e. The van der Waals surface area contributed by atoms with E-state index in [1.54, 1.807) is 0 Å². The molecule has 1 heterocycles. The van der Waals surface area contributed by atoms with Crippen LogP contribution >= 0.6 is 0 Å². The van der Waals surface area contributed by atoms with E-state index >= 15 is 0 Å². The van der Waals surface area contributed by atoms with Gasteiger partial charge in [-0.3, -0.25) is 4.79 Å². The van der Waals surface area contributed by atoms with E-state index in [9.17, 15) is 14.9 Å². The van der Waals surface area contributed by atoms with Gasteiger partial charge in [-0.15, -0.1) is 0 Å². The second-order valence-electron chi connectivity index (χ2n) is 5.40. The summed E-state index contributed by atoms with van der Waals surface area (Å²) in [6, 6.07) is 3.14. The highest BCUT2D eigenvalue weighted by Crippen LogP contribution is 2.24. The SMILES string of the molecule is CC1CCC(NC(=O)COc2cccnc2[N+](=O)[O-])CC1. The maximum Gasteiger partial charge on any atom is 0.406 e. The molecule has 0 spiro atoms. The highest BCUT2D eigenvalue weighted by atomic mass is 16.6. The zero-order valence-corrected chi connectivity index (χ0v) is 11.9. The Kier molecular flexibility index (Phi) is 5.08. The Morgan fingerprint density at radius 3 is 2.86 bits per heavy atom. The number of hydrogen-bond donors (Lipinski definition) is 1. The third kappa shape index (κ3) is 4.40. The van der Waals surface area contributed by atoms with Crippen LogP contribution in [-0.4, -0.2) is 28.5 Å². The molecule has 7 heteroatoms. The van der Waals surface area contributed by atoms with Crippen LogP contribution in [0.4, 0.5) is 5.82 Å². The Hall–Kier alpha value is -2.18. The van der Waals surface area contributed by atoms with E-state index in [1.165, 1.54) is 18.3 Å². The van der Waals surface area contributed by atoms with Crippen molar-refractivity contribution in [2.75, 3.05) is 6.61 Å². The van der Waals surface area contributed by atoms with E-state index in [1.807, 2.05) is 0 Å². The third-order valence-electron chi connectivity index (χ3n) is 3.66. The summed E-state index contributed by atoms with van der Waals surface area (Å²) in [5.41, 5.74) is 0. The molecular formula is C14H19N3O4. The van der Waals surface area contributed by atoms with Crippen molar-refractivity contribution in [2.24, 2.45) is 5.92 Å². The highest BCUT2D eigenvalue weighted by molar-refractivity contribution is 5.77. The fraction of sp³-hybridized carbons (Fsp3) is 0.571. The van der Waals surface area contributed by atoms with Gasteiger partial charge < -0.3 is 20.2 Å². The third-order valence-corrected chi connectivity index (χ3v) is 3.66. The van der Waals surface area contributed by atoms with Gasteiger partial charge in [-0.05, 0) is 53.6 Å². The van der Waals surface area contributed by atoms with Crippen LogP contribution in [0.2, 0.25) is 0 Å². The Labute approximate surface area is 122 Å². The summed E-state index contributed by atoms with van der Waals surface area (Å²) in [5, 5.41) is 13.7. The van der Waals surface area contributed by atoms with Crippen molar-refractivity contribution < 1.29 is 14.5 Å². The lowest BCUT2D eigenvalue weighted by molar-refractivity contribution is -0.390. The second kappa shape index (κ2) is 7.01. The van der Waals surface area contributed by atoms with Crippen molar-refractivity contribution in [1.29, 1.82) is 0 Å². The average molecular weight is 293 g/mol. The van der Waals surface area contributed by atoms with Crippen molar-refractivity contribution >= 4 is 11.7 Å². The molecule has 7 nitrogen and oxygen atoms in total. The molecule has 1 aliphatic rings. The van der Waals surface area contributed by atoms with Crippen LogP contribution in [-0.2, 0) is 4.79 Å². The number of carbonyl (C=O) groups is 1. The molecule has 21 heavy (non-hydrogen) atoms. The standard InChI is InChI=1S/C14H19N3O4/c1-10-4-6-11(7-5-10)16-13(18)9-21-12-3-2-8-15-14(12)17(19)20/h2-3,8,10-11H,4-7,9H2,1H3,(H,16,18). The zero-order valence-electron chi connectivity index (χ0n) is 11.9. The van der Waals surface area contributed by atoms with Gasteiger partial charge in [-0.1, -0.05) is 6.92 Å². The van der Waals surface area contributed by atoms with Crippen LogP contribution in [0.1, 0.15) is 32.6 Å². The first-order valence-corrected chi connectivity index (χ1v) is 7.08. The van der Waals surface area contributed by atoms with Crippen molar-refractivity contribution in [3.8, 4) is 5.75 Å². The summed E-state index contributed by atoms with van der Waals surface area (Å²) < 4.78 is 5.21. The summed E-state index contributed by atoms with van der Waals surface area (Å²) >= 11 is 0. The van der Waals surface area contributed by atoms with Crippen molar-refractivity contribution in [1.82, 2.24) is 10.3 Å². The average Bonchev–Trinajstić information content (AvgIpc) is 2.48. The normalized spacial score (nSPS) is 21.6. The predicted molar refractivity (Wildman–Crippen MR) is 75.9 cm³/mol. The highest BCUT2D eigenvalue weighted by Gasteiger charge is 2.21. The topological polar surface area (TPSA) is 94.4 Å². The summed E-state index contributed by atoms with van der Waals surface area (Å²) in [5.74, 6) is 0.0897. The molecule has 1 aromatic rings. The van der Waals surface area contributed by atoms with Gasteiger partial charge in [0, 0.05) is 6.04 Å². The van der Waals surface area contributed by atoms with E-state index in [0.29, 0.717) is 5.92 Å². The first-order chi connectivity index (χ1) is 10.1. The first kappa shape index (κ1) is 15.2. The molecule has 0 bridgehead atoms. The van der Waals surface area contributed by atoms with Crippen LogP contribution in [0, 0.1) is 16.0 Å². The molecule has 1 N–H and O–H groups in total. The maximum absolute atomic E-state index is 11.8. The minimum atomic E-state index is -0.629. The van der Waals surface area contributed by atoms with Crippen LogP contribution in [0.5, 0.6) is 5.75 Å². The van der Waals surface area contributed by atoms with Gasteiger partial charge in [0.15, 0.2) is 6.61 Å². The summed E-state index contributed by atoms with van der Waals surface area (Å²) in [7, 11) is 0. The van der Waals surface area contributed by atoms with Crippen molar-refractivity contribution in [3.05, 3.63) is 28.4 Å². The molecule has 0 unspecified atom stereocenters. The molecular weight excluding hydrogens is 274 g/mol. The number of nitrogens with zero attached hydrogens (tertiary/aromatic N) is 2. The molecule has 0 aromatic carbocycles. The fourth-order valence-corrected chi connectivity index (χ4v) is 2.45. The van der Waals surface area contributed by atoms with Gasteiger partial charge >= 0.3 is 5.82 Å². The molecule has 1 fully saturated rings. The molecule has 0 saturated heterocycles. The van der Waals surface area contributed by atoms with Gasteiger partial charge in [-0.25, -0.2) is 0 Å². The molecule has 1 saturated carbocycles. The van der Waals surface area contributed by atoms with Gasteiger partial charge in [0.25, 0.3) is 5.91 Å². The van der Waals surface area contributed by atoms with Crippen LogP contribution < -0.4 is 10.1 Å². The maximum atomic E-state index is 11.8. The van der Waals surface area contributed by atoms with E-state index in [0.717, 1.165) is 25.7 Å². The van der Waals surface area contributed by atoms with E-state index < -0.39 is 4.92 Å². The monoisotopic (exact) mass is 293 g/mol. The van der Waals surface area contributed by atoms with Crippen molar-refractivity contribution in [2.45, 2.75) is 38.6 Å². The Balaban J connectivity index is 1.83. The van der Waals surface area contributed by atoms with Crippen molar-refractivity contribution in [3.63, 3.8) is 0 Å². The summed E-state index contributed by atoms with van der Waals surface area (Å²) in [4.78, 5) is 25.6. The van der Waals surface area contributed by atoms with Gasteiger partial charge in [0.05, 0.1) is 0 Å². The minimum absolute atomic E-state index is 0.00918. The quantitative estimate of drug-likeness (QED) is 0.662. The lowest BCUT2D eigenvalue weighted by atomic mass is 9.87. The number of rotatable bonds is 5. The molecule has 0 aliphatic heterocycles. The molecule has 0 atom stereocenters. The molecule has 1 amide bonds. The molecule has 1 aliphatic carbocycles. The van der Waals surface area contributed by atoms with Gasteiger partial charge in [0.2, 0.25) is 5.75 Å². The van der Waals surface area contributed by atoms with Crippen LogP contribution in [0.3, 0.4) is 0 Å². The number of nitrogens with one attached hydrogen (secondary N) is 1. The predicted octanol–water partition coefficient (Wildman–Crippen LogP) is 2.06. The lowest BCUT2D eigenvalue weighted by Gasteiger charge is -2.26. The van der Waals surface area contributed by atoms with E-state index in [-0.39, 0.29) is 30.1 Å². The number of hydrogen-bond acceptors (Lipinski definition) is 5. The van der Waals surface area contributed by atoms with Crippen LogP contribution in [0.25, 0.3) is 0 Å². The van der Waals surface area contributed by atoms with Gasteiger partial charge in [-0.2, -0.15) is 0 Å². The Bertz CT molecular complexity index is 513. The van der Waals surface area contributed by atoms with Gasteiger partial charge in [0.1, 0.15) is 6.20 Å². The number of pyridine rings is 1. The fourth-order valence-electron chi connectivity index (χ4n) is 2.45. The molecule has 2 rings (SSSR count). The Morgan fingerprint density at radius 1 is 1.48 bits per heavy atom. The van der Waals surface area contributed by atoms with Crippen LogP contribution in [0.15, 0.2) is 18.3 Å². The summed E-state index contributed by atoms with van der Waals surface area (Å²) in [6.07, 6.45) is 5.48. The second-order valence-corrected chi connectivity index (χ2v) is 5.40. The zero-order chi connectivity index (χ0) is 15.2. The first-order valence-electron chi connectivity index (χ1n) is 7.08. The summed E-state index contributed by atoms with van der Waals surface area (Å²) in [6.45, 7) is 1.97. The Morgan fingerprint density at radius 2 is 2.19 bits per heavy atom. The van der Waals surface area contributed by atoms with E-state index in [2.05, 4.69) is 17.2 Å².